The molecule has 2 fully saturated rings. The number of rotatable bonds is 9. The lowest BCUT2D eigenvalue weighted by Crippen LogP contribution is -2.46. The Labute approximate surface area is 270 Å². The van der Waals surface area contributed by atoms with Crippen molar-refractivity contribution in [3.8, 4) is 16.9 Å². The van der Waals surface area contributed by atoms with Gasteiger partial charge in [-0.2, -0.15) is 0 Å². The van der Waals surface area contributed by atoms with E-state index in [0.29, 0.717) is 61.5 Å². The zero-order valence-electron chi connectivity index (χ0n) is 27.2. The van der Waals surface area contributed by atoms with Crippen LogP contribution in [0.25, 0.3) is 11.1 Å². The molecule has 3 amide bonds. The Bertz CT molecular complexity index is 1380. The van der Waals surface area contributed by atoms with Gasteiger partial charge < -0.3 is 29.7 Å². The molecule has 2 heterocycles. The SMILES string of the molecule is COC(=O)C[C@@H](NC(=O)C1CCCN(C(=O)CCC2CCN(C(=O)OC(C)(C)C)CC2)C1)c1cc(F)cc(-c2ccc(O)cc2)c1. The average molecular weight is 640 g/mol. The predicted octanol–water partition coefficient (Wildman–Crippen LogP) is 5.58. The third kappa shape index (κ3) is 9.92. The van der Waals surface area contributed by atoms with Crippen molar-refractivity contribution in [2.45, 2.75) is 77.4 Å². The van der Waals surface area contributed by atoms with Gasteiger partial charge in [0.1, 0.15) is 17.2 Å². The molecule has 46 heavy (non-hydrogen) atoms. The molecule has 0 aromatic heterocycles. The van der Waals surface area contributed by atoms with E-state index >= 15 is 0 Å². The summed E-state index contributed by atoms with van der Waals surface area (Å²) in [5.41, 5.74) is 1.06. The molecule has 11 heteroatoms. The Balaban J connectivity index is 1.34. The lowest BCUT2D eigenvalue weighted by molar-refractivity contribution is -0.141. The highest BCUT2D eigenvalue weighted by Crippen LogP contribution is 2.29. The first kappa shape index (κ1) is 34.7. The standard InChI is InChI=1S/C35H46FN3O7/c1-35(2,3)46-34(44)38-16-13-23(14-17-38)7-12-31(41)39-15-5-6-25(22-39)33(43)37-30(21-32(42)45-4)27-18-26(19-28(36)20-27)24-8-10-29(40)11-9-24/h8-11,18-20,23,25,30,40H,5-7,12-17,21-22H2,1-4H3,(H,37,43)/t25?,30-/m1/s1. The third-order valence-corrected chi connectivity index (χ3v) is 8.62. The molecule has 2 aromatic carbocycles. The molecule has 0 aliphatic carbocycles. The molecule has 0 bridgehead atoms. The fraction of sp³-hybridized carbons (Fsp3) is 0.543. The summed E-state index contributed by atoms with van der Waals surface area (Å²) in [5.74, 6) is -1.45. The topological polar surface area (TPSA) is 125 Å². The van der Waals surface area contributed by atoms with E-state index in [2.05, 4.69) is 5.32 Å². The number of nitrogens with one attached hydrogen (secondary N) is 1. The highest BCUT2D eigenvalue weighted by Gasteiger charge is 2.32. The number of carbonyl (C=O) groups excluding carboxylic acids is 4. The minimum atomic E-state index is -0.843. The zero-order valence-corrected chi connectivity index (χ0v) is 27.2. The molecule has 2 saturated heterocycles. The molecule has 250 valence electrons. The van der Waals surface area contributed by atoms with Crippen LogP contribution in [-0.4, -0.2) is 77.7 Å². The largest absolute Gasteiger partial charge is 0.508 e. The average Bonchev–Trinajstić information content (AvgIpc) is 3.02. The van der Waals surface area contributed by atoms with Crippen LogP contribution < -0.4 is 5.32 Å². The Morgan fingerprint density at radius 3 is 2.33 bits per heavy atom. The number of methoxy groups -OCH3 is 1. The molecule has 0 spiro atoms. The van der Waals surface area contributed by atoms with Crippen molar-refractivity contribution >= 4 is 23.9 Å². The van der Waals surface area contributed by atoms with E-state index in [-0.39, 0.29) is 36.6 Å². The Hall–Kier alpha value is -4.15. The monoisotopic (exact) mass is 639 g/mol. The fourth-order valence-corrected chi connectivity index (χ4v) is 6.06. The number of esters is 1. The molecule has 10 nitrogen and oxygen atoms in total. The number of halogens is 1. The summed E-state index contributed by atoms with van der Waals surface area (Å²) < 4.78 is 25.1. The van der Waals surface area contributed by atoms with Crippen molar-refractivity contribution in [2.75, 3.05) is 33.3 Å². The van der Waals surface area contributed by atoms with Gasteiger partial charge in [0.2, 0.25) is 11.8 Å². The van der Waals surface area contributed by atoms with Crippen LogP contribution in [0, 0.1) is 17.7 Å². The van der Waals surface area contributed by atoms with Gasteiger partial charge in [0, 0.05) is 32.6 Å². The Kier molecular flexibility index (Phi) is 11.6. The number of phenolic OH excluding ortho intramolecular Hbond substituents is 1. The minimum absolute atomic E-state index is 0.00172. The first-order valence-electron chi connectivity index (χ1n) is 16.0. The summed E-state index contributed by atoms with van der Waals surface area (Å²) in [4.78, 5) is 54.8. The second-order valence-electron chi connectivity index (χ2n) is 13.3. The maximum Gasteiger partial charge on any atom is 0.410 e. The first-order chi connectivity index (χ1) is 21.8. The molecular formula is C35H46FN3O7. The number of phenols is 1. The van der Waals surface area contributed by atoms with Gasteiger partial charge in [0.25, 0.3) is 0 Å². The van der Waals surface area contributed by atoms with Crippen LogP contribution >= 0.6 is 0 Å². The molecule has 4 rings (SSSR count). The van der Waals surface area contributed by atoms with Gasteiger partial charge in [-0.25, -0.2) is 9.18 Å². The van der Waals surface area contributed by atoms with Gasteiger partial charge in [-0.3, -0.25) is 14.4 Å². The van der Waals surface area contributed by atoms with Crippen LogP contribution in [0.1, 0.15) is 77.3 Å². The maximum atomic E-state index is 14.8. The van der Waals surface area contributed by atoms with E-state index in [0.717, 1.165) is 19.3 Å². The summed E-state index contributed by atoms with van der Waals surface area (Å²) >= 11 is 0. The third-order valence-electron chi connectivity index (χ3n) is 8.62. The van der Waals surface area contributed by atoms with Crippen LogP contribution in [-0.2, 0) is 23.9 Å². The molecule has 2 aromatic rings. The number of hydrogen-bond donors (Lipinski definition) is 2. The molecule has 2 atom stereocenters. The van der Waals surface area contributed by atoms with Gasteiger partial charge in [0.05, 0.1) is 25.5 Å². The number of hydrogen-bond acceptors (Lipinski definition) is 7. The van der Waals surface area contributed by atoms with Crippen molar-refractivity contribution in [2.24, 2.45) is 11.8 Å². The summed E-state index contributed by atoms with van der Waals surface area (Å²) in [6.07, 6.45) is 3.49. The number of benzene rings is 2. The number of amides is 3. The van der Waals surface area contributed by atoms with Gasteiger partial charge in [0.15, 0.2) is 0 Å². The van der Waals surface area contributed by atoms with Gasteiger partial charge in [-0.15, -0.1) is 0 Å². The molecule has 0 radical (unpaired) electrons. The van der Waals surface area contributed by atoms with Crippen LogP contribution in [0.3, 0.4) is 0 Å². The van der Waals surface area contributed by atoms with E-state index < -0.39 is 29.3 Å². The Morgan fingerprint density at radius 2 is 1.67 bits per heavy atom. The number of piperidine rings is 2. The highest BCUT2D eigenvalue weighted by atomic mass is 19.1. The Morgan fingerprint density at radius 1 is 0.978 bits per heavy atom. The molecular weight excluding hydrogens is 593 g/mol. The lowest BCUT2D eigenvalue weighted by Gasteiger charge is -2.35. The van der Waals surface area contributed by atoms with Crippen LogP contribution in [0.4, 0.5) is 9.18 Å². The van der Waals surface area contributed by atoms with E-state index in [9.17, 15) is 28.7 Å². The summed E-state index contributed by atoms with van der Waals surface area (Å²) in [6, 6.07) is 9.80. The normalized spacial score (nSPS) is 18.1. The molecule has 2 aliphatic rings. The van der Waals surface area contributed by atoms with Crippen molar-refractivity contribution in [3.05, 3.63) is 53.8 Å². The van der Waals surface area contributed by atoms with Crippen molar-refractivity contribution in [1.29, 1.82) is 0 Å². The van der Waals surface area contributed by atoms with E-state index in [1.807, 2.05) is 20.8 Å². The first-order valence-corrected chi connectivity index (χ1v) is 16.0. The number of aromatic hydroxyl groups is 1. The fourth-order valence-electron chi connectivity index (χ4n) is 6.06. The molecule has 2 N–H and O–H groups in total. The van der Waals surface area contributed by atoms with Crippen LogP contribution in [0.5, 0.6) is 5.75 Å². The van der Waals surface area contributed by atoms with Gasteiger partial charge in [-0.05, 0) is 106 Å². The number of nitrogens with zero attached hydrogens (tertiary/aromatic N) is 2. The number of likely N-dealkylation sites (tertiary alicyclic amines) is 2. The molecule has 0 saturated carbocycles. The van der Waals surface area contributed by atoms with Crippen molar-refractivity contribution in [3.63, 3.8) is 0 Å². The van der Waals surface area contributed by atoms with E-state index in [4.69, 9.17) is 9.47 Å². The quantitative estimate of drug-likeness (QED) is 0.343. The van der Waals surface area contributed by atoms with Gasteiger partial charge >= 0.3 is 12.1 Å². The smallest absolute Gasteiger partial charge is 0.410 e. The van der Waals surface area contributed by atoms with E-state index in [1.165, 1.54) is 31.4 Å². The minimum Gasteiger partial charge on any atom is -0.508 e. The maximum absolute atomic E-state index is 14.8. The highest BCUT2D eigenvalue weighted by molar-refractivity contribution is 5.82. The lowest BCUT2D eigenvalue weighted by atomic mass is 9.91. The molecule has 1 unspecified atom stereocenters. The van der Waals surface area contributed by atoms with Gasteiger partial charge in [-0.1, -0.05) is 12.1 Å². The number of ether oxygens (including phenoxy) is 2. The number of carbonyl (C=O) groups is 4. The van der Waals surface area contributed by atoms with Crippen LogP contribution in [0.2, 0.25) is 0 Å². The van der Waals surface area contributed by atoms with Crippen molar-refractivity contribution in [1.82, 2.24) is 15.1 Å². The summed E-state index contributed by atoms with van der Waals surface area (Å²) in [6.45, 7) is 7.60. The summed E-state index contributed by atoms with van der Waals surface area (Å²) in [7, 11) is 1.25. The summed E-state index contributed by atoms with van der Waals surface area (Å²) in [5, 5.41) is 12.6. The molecule has 2 aliphatic heterocycles. The van der Waals surface area contributed by atoms with E-state index in [1.54, 1.807) is 28.0 Å². The second-order valence-corrected chi connectivity index (χ2v) is 13.3. The predicted molar refractivity (Wildman–Crippen MR) is 170 cm³/mol. The second kappa shape index (κ2) is 15.4. The van der Waals surface area contributed by atoms with Crippen molar-refractivity contribution < 1.29 is 38.1 Å². The van der Waals surface area contributed by atoms with Crippen LogP contribution in [0.15, 0.2) is 42.5 Å². The zero-order chi connectivity index (χ0) is 33.4.